The molecule has 0 spiro atoms. The summed E-state index contributed by atoms with van der Waals surface area (Å²) in [6.45, 7) is 5.04. The van der Waals surface area contributed by atoms with Gasteiger partial charge in [-0.05, 0) is 32.4 Å². The summed E-state index contributed by atoms with van der Waals surface area (Å²) in [5, 5.41) is 13.3. The summed E-state index contributed by atoms with van der Waals surface area (Å²) in [4.78, 5) is 22.0. The molecule has 0 aliphatic carbocycles. The predicted molar refractivity (Wildman–Crippen MR) is 68.2 cm³/mol. The third kappa shape index (κ3) is 3.08. The van der Waals surface area contributed by atoms with Gasteiger partial charge in [-0.3, -0.25) is 14.9 Å². The van der Waals surface area contributed by atoms with Crippen LogP contribution in [0, 0.1) is 29.4 Å². The van der Waals surface area contributed by atoms with Crippen LogP contribution >= 0.6 is 0 Å². The smallest absolute Gasteiger partial charge is 0.269 e. The highest BCUT2D eigenvalue weighted by Crippen LogP contribution is 2.17. The Bertz CT molecular complexity index is 542. The largest absolute Gasteiger partial charge is 0.336 e. The van der Waals surface area contributed by atoms with Crippen molar-refractivity contribution in [2.24, 2.45) is 0 Å². The van der Waals surface area contributed by atoms with E-state index in [0.29, 0.717) is 11.1 Å². The Morgan fingerprint density at radius 2 is 2.11 bits per heavy atom. The summed E-state index contributed by atoms with van der Waals surface area (Å²) in [6.07, 6.45) is 5.28. The molecule has 1 amide bonds. The highest BCUT2D eigenvalue weighted by Gasteiger charge is 2.20. The maximum absolute atomic E-state index is 11.9. The van der Waals surface area contributed by atoms with Crippen molar-refractivity contribution in [3.05, 3.63) is 39.4 Å². The summed E-state index contributed by atoms with van der Waals surface area (Å²) in [5.74, 6) is 2.11. The lowest BCUT2D eigenvalue weighted by Crippen LogP contribution is -2.42. The molecule has 0 fully saturated rings. The number of carbonyl (C=O) groups is 1. The molecule has 0 aliphatic heterocycles. The molecule has 1 rings (SSSR count). The van der Waals surface area contributed by atoms with Crippen LogP contribution < -0.4 is 5.32 Å². The van der Waals surface area contributed by atoms with Gasteiger partial charge in [0.1, 0.15) is 0 Å². The predicted octanol–water partition coefficient (Wildman–Crippen LogP) is 2.04. The number of non-ortho nitro benzene ring substituents is 1. The molecule has 0 aliphatic rings. The van der Waals surface area contributed by atoms with E-state index >= 15 is 0 Å². The molecule has 0 unspecified atom stereocenters. The van der Waals surface area contributed by atoms with Gasteiger partial charge < -0.3 is 5.32 Å². The molecule has 94 valence electrons. The molecule has 5 nitrogen and oxygen atoms in total. The number of nitro benzene ring substituents is 1. The Morgan fingerprint density at radius 1 is 1.50 bits per heavy atom. The molecular formula is C13H14N2O3. The molecule has 0 bridgehead atoms. The SMILES string of the molecule is C#CC(C)(C)NC(=O)c1ccc([N+](=O)[O-])cc1C. The number of aryl methyl sites for hydroxylation is 1. The van der Waals surface area contributed by atoms with E-state index in [1.54, 1.807) is 20.8 Å². The van der Waals surface area contributed by atoms with Gasteiger partial charge in [-0.2, -0.15) is 0 Å². The zero-order valence-corrected chi connectivity index (χ0v) is 10.5. The number of hydrogen-bond donors (Lipinski definition) is 1. The highest BCUT2D eigenvalue weighted by atomic mass is 16.6. The number of rotatable bonds is 3. The molecule has 1 N–H and O–H groups in total. The topological polar surface area (TPSA) is 72.2 Å². The Balaban J connectivity index is 3.02. The summed E-state index contributed by atoms with van der Waals surface area (Å²) in [7, 11) is 0. The highest BCUT2D eigenvalue weighted by molar-refractivity contribution is 5.96. The molecule has 0 heterocycles. The van der Waals surface area contributed by atoms with E-state index < -0.39 is 10.5 Å². The lowest BCUT2D eigenvalue weighted by atomic mass is 10.0. The Morgan fingerprint density at radius 3 is 2.56 bits per heavy atom. The second-order valence-corrected chi connectivity index (χ2v) is 4.48. The van der Waals surface area contributed by atoms with E-state index in [4.69, 9.17) is 6.42 Å². The average Bonchev–Trinajstić information content (AvgIpc) is 2.28. The van der Waals surface area contributed by atoms with E-state index in [1.165, 1.54) is 18.2 Å². The van der Waals surface area contributed by atoms with Gasteiger partial charge in [0.2, 0.25) is 0 Å². The summed E-state index contributed by atoms with van der Waals surface area (Å²) < 4.78 is 0. The number of terminal acetylenes is 1. The van der Waals surface area contributed by atoms with Crippen LogP contribution in [0.2, 0.25) is 0 Å². The second-order valence-electron chi connectivity index (χ2n) is 4.48. The number of nitrogens with one attached hydrogen (secondary N) is 1. The van der Waals surface area contributed by atoms with Crippen LogP contribution in [-0.4, -0.2) is 16.4 Å². The summed E-state index contributed by atoms with van der Waals surface area (Å²) in [6, 6.07) is 4.08. The maximum Gasteiger partial charge on any atom is 0.269 e. The van der Waals surface area contributed by atoms with Crippen molar-refractivity contribution in [3.8, 4) is 12.3 Å². The zero-order chi connectivity index (χ0) is 13.9. The van der Waals surface area contributed by atoms with Gasteiger partial charge in [0, 0.05) is 17.7 Å². The van der Waals surface area contributed by atoms with Gasteiger partial charge in [0.15, 0.2) is 0 Å². The van der Waals surface area contributed by atoms with Crippen LogP contribution in [0.1, 0.15) is 29.8 Å². The molecule has 0 saturated heterocycles. The van der Waals surface area contributed by atoms with E-state index in [0.717, 1.165) is 0 Å². The molecule has 1 aromatic rings. The van der Waals surface area contributed by atoms with Crippen molar-refractivity contribution in [3.63, 3.8) is 0 Å². The number of amides is 1. The van der Waals surface area contributed by atoms with Crippen LogP contribution in [0.4, 0.5) is 5.69 Å². The van der Waals surface area contributed by atoms with Gasteiger partial charge in [-0.25, -0.2) is 0 Å². The first-order valence-corrected chi connectivity index (χ1v) is 5.32. The lowest BCUT2D eigenvalue weighted by Gasteiger charge is -2.20. The van der Waals surface area contributed by atoms with Crippen molar-refractivity contribution in [2.75, 3.05) is 0 Å². The van der Waals surface area contributed by atoms with Crippen LogP contribution in [0.15, 0.2) is 18.2 Å². The minimum atomic E-state index is -0.759. The van der Waals surface area contributed by atoms with E-state index in [9.17, 15) is 14.9 Å². The molecule has 0 atom stereocenters. The van der Waals surface area contributed by atoms with E-state index in [-0.39, 0.29) is 11.6 Å². The molecular weight excluding hydrogens is 232 g/mol. The molecule has 0 radical (unpaired) electrons. The van der Waals surface area contributed by atoms with E-state index in [1.807, 2.05) is 0 Å². The number of nitro groups is 1. The third-order valence-corrected chi connectivity index (χ3v) is 2.45. The number of nitrogens with zero attached hydrogens (tertiary/aromatic N) is 1. The van der Waals surface area contributed by atoms with Gasteiger partial charge in [-0.1, -0.05) is 5.92 Å². The minimum Gasteiger partial charge on any atom is -0.336 e. The third-order valence-electron chi connectivity index (χ3n) is 2.45. The summed E-state index contributed by atoms with van der Waals surface area (Å²) in [5.41, 5.74) is 0.115. The van der Waals surface area contributed by atoms with E-state index in [2.05, 4.69) is 11.2 Å². The Labute approximate surface area is 105 Å². The van der Waals surface area contributed by atoms with Crippen molar-refractivity contribution in [1.82, 2.24) is 5.32 Å². The minimum absolute atomic E-state index is 0.0414. The second kappa shape index (κ2) is 4.88. The van der Waals surface area contributed by atoms with Crippen LogP contribution in [-0.2, 0) is 0 Å². The molecule has 5 heteroatoms. The fourth-order valence-corrected chi connectivity index (χ4v) is 1.40. The first kappa shape index (κ1) is 13.7. The fraction of sp³-hybridized carbons (Fsp3) is 0.308. The maximum atomic E-state index is 11.9. The van der Waals surface area contributed by atoms with Crippen molar-refractivity contribution in [1.29, 1.82) is 0 Å². The average molecular weight is 246 g/mol. The standard InChI is InChI=1S/C13H14N2O3/c1-5-13(3,4)14-12(16)11-7-6-10(15(17)18)8-9(11)2/h1,6-8H,2-4H3,(H,14,16). The van der Waals surface area contributed by atoms with Gasteiger partial charge in [0.05, 0.1) is 10.5 Å². The van der Waals surface area contributed by atoms with Gasteiger partial charge in [-0.15, -0.1) is 6.42 Å². The lowest BCUT2D eigenvalue weighted by molar-refractivity contribution is -0.384. The Hall–Kier alpha value is -2.35. The first-order chi connectivity index (χ1) is 8.26. The number of carbonyl (C=O) groups excluding carboxylic acids is 1. The summed E-state index contributed by atoms with van der Waals surface area (Å²) >= 11 is 0. The monoisotopic (exact) mass is 246 g/mol. The normalized spacial score (nSPS) is 10.6. The van der Waals surface area contributed by atoms with Gasteiger partial charge >= 0.3 is 0 Å². The van der Waals surface area contributed by atoms with Crippen LogP contribution in [0.25, 0.3) is 0 Å². The van der Waals surface area contributed by atoms with Crippen molar-refractivity contribution >= 4 is 11.6 Å². The Kier molecular flexibility index (Phi) is 3.72. The molecule has 18 heavy (non-hydrogen) atoms. The molecule has 1 aromatic carbocycles. The molecule has 0 saturated carbocycles. The van der Waals surface area contributed by atoms with Crippen molar-refractivity contribution in [2.45, 2.75) is 26.3 Å². The number of benzene rings is 1. The van der Waals surface area contributed by atoms with Crippen LogP contribution in [0.3, 0.4) is 0 Å². The quantitative estimate of drug-likeness (QED) is 0.504. The zero-order valence-electron chi connectivity index (χ0n) is 10.5. The van der Waals surface area contributed by atoms with Gasteiger partial charge in [0.25, 0.3) is 11.6 Å². The first-order valence-electron chi connectivity index (χ1n) is 5.32. The van der Waals surface area contributed by atoms with Crippen LogP contribution in [0.5, 0.6) is 0 Å². The fourth-order valence-electron chi connectivity index (χ4n) is 1.40. The number of hydrogen-bond acceptors (Lipinski definition) is 3. The molecule has 0 aromatic heterocycles. The van der Waals surface area contributed by atoms with Crippen molar-refractivity contribution < 1.29 is 9.72 Å².